The lowest BCUT2D eigenvalue weighted by Crippen LogP contribution is -2.53. The molecule has 3 amide bonds. The van der Waals surface area contributed by atoms with Crippen LogP contribution in [0.5, 0.6) is 0 Å². The number of anilines is 1. The summed E-state index contributed by atoms with van der Waals surface area (Å²) in [6.45, 7) is 4.35. The van der Waals surface area contributed by atoms with Crippen molar-refractivity contribution in [1.29, 1.82) is 0 Å². The van der Waals surface area contributed by atoms with E-state index in [2.05, 4.69) is 12.2 Å². The van der Waals surface area contributed by atoms with E-state index < -0.39 is 29.4 Å². The van der Waals surface area contributed by atoms with Crippen molar-refractivity contribution >= 4 is 35.2 Å². The maximum absolute atomic E-state index is 12.8. The van der Waals surface area contributed by atoms with Gasteiger partial charge in [-0.05, 0) is 55.5 Å². The summed E-state index contributed by atoms with van der Waals surface area (Å²) in [5, 5.41) is 3.13. The van der Waals surface area contributed by atoms with Gasteiger partial charge in [-0.2, -0.15) is 0 Å². The van der Waals surface area contributed by atoms with Gasteiger partial charge in [0, 0.05) is 29.2 Å². The molecule has 0 radical (unpaired) electrons. The minimum atomic E-state index is -0.838. The van der Waals surface area contributed by atoms with E-state index in [1.54, 1.807) is 36.1 Å². The number of piperidine rings is 1. The maximum atomic E-state index is 12.8. The number of hydrogen-bond donors (Lipinski definition) is 3. The Morgan fingerprint density at radius 1 is 1.11 bits per heavy atom. The Morgan fingerprint density at radius 3 is 2.29 bits per heavy atom. The van der Waals surface area contributed by atoms with Crippen LogP contribution in [0.1, 0.15) is 43.7 Å². The molecule has 2 aromatic carbocycles. The van der Waals surface area contributed by atoms with Crippen LogP contribution in [-0.4, -0.2) is 48.5 Å². The first-order valence-corrected chi connectivity index (χ1v) is 12.2. The van der Waals surface area contributed by atoms with E-state index in [-0.39, 0.29) is 12.5 Å². The van der Waals surface area contributed by atoms with Gasteiger partial charge in [0.25, 0.3) is 0 Å². The molecule has 9 heteroatoms. The molecule has 0 aliphatic carbocycles. The van der Waals surface area contributed by atoms with Gasteiger partial charge in [0.1, 0.15) is 6.61 Å². The van der Waals surface area contributed by atoms with Crippen LogP contribution in [0.4, 0.5) is 10.5 Å². The number of nitrogens with zero attached hydrogens (tertiary/aromatic N) is 1. The van der Waals surface area contributed by atoms with Crippen LogP contribution in [0.3, 0.4) is 0 Å². The SMILES string of the molecule is CCc1ccc(NC(=O)OCC2(C(C(N)=O)c3ccccc3Cl)CCN(C(=O)[C@H](C)N)CC2)cc1. The Balaban J connectivity index is 1.83. The molecule has 0 saturated carbocycles. The van der Waals surface area contributed by atoms with E-state index in [0.29, 0.717) is 42.2 Å². The van der Waals surface area contributed by atoms with Crippen LogP contribution in [0.2, 0.25) is 5.02 Å². The number of nitrogens with two attached hydrogens (primary N) is 2. The van der Waals surface area contributed by atoms with Crippen molar-refractivity contribution in [1.82, 2.24) is 4.90 Å². The predicted molar refractivity (Wildman–Crippen MR) is 136 cm³/mol. The van der Waals surface area contributed by atoms with Crippen LogP contribution in [-0.2, 0) is 20.7 Å². The third kappa shape index (κ3) is 6.32. The predicted octanol–water partition coefficient (Wildman–Crippen LogP) is 3.68. The van der Waals surface area contributed by atoms with Crippen molar-refractivity contribution in [3.8, 4) is 0 Å². The monoisotopic (exact) mass is 500 g/mol. The van der Waals surface area contributed by atoms with Crippen molar-refractivity contribution in [3.63, 3.8) is 0 Å². The molecular formula is C26H33ClN4O4. The largest absolute Gasteiger partial charge is 0.449 e. The van der Waals surface area contributed by atoms with Crippen LogP contribution in [0.25, 0.3) is 0 Å². The quantitative estimate of drug-likeness (QED) is 0.509. The van der Waals surface area contributed by atoms with Gasteiger partial charge in [-0.25, -0.2) is 4.79 Å². The van der Waals surface area contributed by atoms with E-state index in [4.69, 9.17) is 27.8 Å². The van der Waals surface area contributed by atoms with Gasteiger partial charge in [0.05, 0.1) is 12.0 Å². The fourth-order valence-electron chi connectivity index (χ4n) is 4.66. The van der Waals surface area contributed by atoms with Gasteiger partial charge in [-0.15, -0.1) is 0 Å². The molecule has 0 bridgehead atoms. The van der Waals surface area contributed by atoms with Gasteiger partial charge in [0.15, 0.2) is 0 Å². The minimum absolute atomic E-state index is 0.0646. The number of likely N-dealkylation sites (tertiary alicyclic amines) is 1. The van der Waals surface area contributed by atoms with E-state index in [1.165, 1.54) is 0 Å². The first-order chi connectivity index (χ1) is 16.7. The third-order valence-electron chi connectivity index (χ3n) is 6.67. The Hall–Kier alpha value is -3.10. The van der Waals surface area contributed by atoms with E-state index in [9.17, 15) is 14.4 Å². The molecule has 1 aliphatic rings. The highest BCUT2D eigenvalue weighted by Crippen LogP contribution is 2.46. The van der Waals surface area contributed by atoms with Gasteiger partial charge >= 0.3 is 6.09 Å². The summed E-state index contributed by atoms with van der Waals surface area (Å²) in [5.74, 6) is -1.54. The molecule has 0 aromatic heterocycles. The summed E-state index contributed by atoms with van der Waals surface area (Å²) < 4.78 is 5.65. The normalized spacial score (nSPS) is 16.7. The van der Waals surface area contributed by atoms with Gasteiger partial charge in [-0.3, -0.25) is 14.9 Å². The molecule has 1 unspecified atom stereocenters. The fraction of sp³-hybridized carbons (Fsp3) is 0.423. The lowest BCUT2D eigenvalue weighted by atomic mass is 9.66. The molecule has 1 saturated heterocycles. The minimum Gasteiger partial charge on any atom is -0.449 e. The number of carbonyl (C=O) groups excluding carboxylic acids is 3. The lowest BCUT2D eigenvalue weighted by Gasteiger charge is -2.45. The molecule has 5 N–H and O–H groups in total. The van der Waals surface area contributed by atoms with E-state index in [0.717, 1.165) is 12.0 Å². The summed E-state index contributed by atoms with van der Waals surface area (Å²) in [5.41, 5.74) is 13.2. The summed E-state index contributed by atoms with van der Waals surface area (Å²) in [4.78, 5) is 39.6. The number of amides is 3. The van der Waals surface area contributed by atoms with Crippen LogP contribution in [0.15, 0.2) is 48.5 Å². The van der Waals surface area contributed by atoms with E-state index in [1.807, 2.05) is 24.3 Å². The standard InChI is InChI=1S/C26H33ClN4O4/c1-3-18-8-10-19(11-9-18)30-25(34)35-16-26(12-14-31(15-13-26)24(33)17(2)28)22(23(29)32)20-6-4-5-7-21(20)27/h4-11,17,22H,3,12-16,28H2,1-2H3,(H2,29,32)(H,30,34)/t17-,22?/m0/s1. The lowest BCUT2D eigenvalue weighted by molar-refractivity contribution is -0.136. The highest BCUT2D eigenvalue weighted by Gasteiger charge is 2.47. The van der Waals surface area contributed by atoms with Crippen molar-refractivity contribution in [2.24, 2.45) is 16.9 Å². The second-order valence-electron chi connectivity index (χ2n) is 9.08. The van der Waals surface area contributed by atoms with Crippen molar-refractivity contribution in [3.05, 3.63) is 64.7 Å². The first kappa shape index (κ1) is 26.5. The molecular weight excluding hydrogens is 468 g/mol. The number of benzene rings is 2. The Bertz CT molecular complexity index is 1050. The summed E-state index contributed by atoms with van der Waals surface area (Å²) in [6.07, 6.45) is 1.04. The van der Waals surface area contributed by atoms with Crippen LogP contribution < -0.4 is 16.8 Å². The molecule has 1 fully saturated rings. The summed E-state index contributed by atoms with van der Waals surface area (Å²) in [6, 6.07) is 13.9. The first-order valence-electron chi connectivity index (χ1n) is 11.8. The van der Waals surface area contributed by atoms with Crippen molar-refractivity contribution in [2.75, 3.05) is 25.0 Å². The van der Waals surface area contributed by atoms with E-state index >= 15 is 0 Å². The third-order valence-corrected chi connectivity index (χ3v) is 7.02. The number of aryl methyl sites for hydroxylation is 1. The number of rotatable bonds is 8. The summed E-state index contributed by atoms with van der Waals surface area (Å²) in [7, 11) is 0. The van der Waals surface area contributed by atoms with Crippen LogP contribution >= 0.6 is 11.6 Å². The Labute approximate surface area is 210 Å². The van der Waals surface area contributed by atoms with Crippen molar-refractivity contribution in [2.45, 2.75) is 45.1 Å². The Kier molecular flexibility index (Phi) is 8.75. The number of primary amides is 1. The second-order valence-corrected chi connectivity index (χ2v) is 9.49. The van der Waals surface area contributed by atoms with Gasteiger partial charge in [-0.1, -0.05) is 48.9 Å². The average Bonchev–Trinajstić information content (AvgIpc) is 2.84. The Morgan fingerprint density at radius 2 is 1.74 bits per heavy atom. The van der Waals surface area contributed by atoms with Crippen molar-refractivity contribution < 1.29 is 19.1 Å². The smallest absolute Gasteiger partial charge is 0.411 e. The summed E-state index contributed by atoms with van der Waals surface area (Å²) >= 11 is 6.45. The van der Waals surface area contributed by atoms with Crippen LogP contribution in [0, 0.1) is 5.41 Å². The zero-order valence-electron chi connectivity index (χ0n) is 20.1. The zero-order chi connectivity index (χ0) is 25.6. The molecule has 8 nitrogen and oxygen atoms in total. The number of halogens is 1. The highest BCUT2D eigenvalue weighted by molar-refractivity contribution is 6.31. The fourth-order valence-corrected chi connectivity index (χ4v) is 4.90. The maximum Gasteiger partial charge on any atom is 0.411 e. The van der Waals surface area contributed by atoms with Gasteiger partial charge in [0.2, 0.25) is 11.8 Å². The number of ether oxygens (including phenoxy) is 1. The highest BCUT2D eigenvalue weighted by atomic mass is 35.5. The molecule has 35 heavy (non-hydrogen) atoms. The molecule has 1 aliphatic heterocycles. The number of hydrogen-bond acceptors (Lipinski definition) is 5. The average molecular weight is 501 g/mol. The molecule has 188 valence electrons. The second kappa shape index (κ2) is 11.6. The molecule has 2 aromatic rings. The van der Waals surface area contributed by atoms with Gasteiger partial charge < -0.3 is 21.1 Å². The number of carbonyl (C=O) groups is 3. The zero-order valence-corrected chi connectivity index (χ0v) is 20.9. The number of nitrogens with one attached hydrogen (secondary N) is 1. The molecule has 1 heterocycles. The molecule has 2 atom stereocenters. The molecule has 3 rings (SSSR count). The topological polar surface area (TPSA) is 128 Å². The molecule has 0 spiro atoms.